The average Bonchev–Trinajstić information content (AvgIpc) is 3.27. The number of nitrogens with zero attached hydrogens (tertiary/aromatic N) is 8. The molecule has 1 N–H and O–H groups in total. The smallest absolute Gasteiger partial charge is 0.273 e. The second-order valence-electron chi connectivity index (χ2n) is 6.49. The lowest BCUT2D eigenvalue weighted by Crippen LogP contribution is -2.46. The zero-order chi connectivity index (χ0) is 19.3. The molecule has 26 heavy (non-hydrogen) atoms. The van der Waals surface area contributed by atoms with E-state index in [-0.39, 0.29) is 11.8 Å². The van der Waals surface area contributed by atoms with Crippen LogP contribution in [0.3, 0.4) is 0 Å². The summed E-state index contributed by atoms with van der Waals surface area (Å²) >= 11 is 0. The minimum atomic E-state index is -0.878. The molecular formula is C15H25N9O2. The summed E-state index contributed by atoms with van der Waals surface area (Å²) in [5.74, 6) is -0.372. The molecule has 11 heteroatoms. The molecule has 0 aliphatic rings. The number of hydrogen-bond donors (Lipinski definition) is 1. The predicted molar refractivity (Wildman–Crippen MR) is 92.2 cm³/mol. The van der Waals surface area contributed by atoms with Crippen LogP contribution in [0.1, 0.15) is 43.4 Å². The highest BCUT2D eigenvalue weighted by Crippen LogP contribution is 2.15. The van der Waals surface area contributed by atoms with E-state index in [4.69, 9.17) is 0 Å². The molecule has 2 aromatic rings. The van der Waals surface area contributed by atoms with Crippen molar-refractivity contribution >= 4 is 11.8 Å². The highest BCUT2D eigenvalue weighted by atomic mass is 16.2. The van der Waals surface area contributed by atoms with Gasteiger partial charge in [-0.05, 0) is 44.5 Å². The van der Waals surface area contributed by atoms with Gasteiger partial charge in [0.15, 0.2) is 5.69 Å². The summed E-state index contributed by atoms with van der Waals surface area (Å²) in [6.07, 6.45) is 2.03. The van der Waals surface area contributed by atoms with E-state index in [1.807, 2.05) is 13.8 Å². The van der Waals surface area contributed by atoms with E-state index < -0.39 is 5.54 Å². The summed E-state index contributed by atoms with van der Waals surface area (Å²) in [5, 5.41) is 21.6. The molecule has 0 aliphatic heterocycles. The van der Waals surface area contributed by atoms with Gasteiger partial charge in [0, 0.05) is 26.7 Å². The number of nitrogens with one attached hydrogen (secondary N) is 1. The van der Waals surface area contributed by atoms with E-state index in [0.29, 0.717) is 31.7 Å². The molecule has 0 saturated carbocycles. The third kappa shape index (κ3) is 4.03. The topological polar surface area (TPSA) is 124 Å². The molecule has 0 saturated heterocycles. The fourth-order valence-electron chi connectivity index (χ4n) is 2.56. The SMILES string of the molecule is CCn1nnc(C(=O)NCCCN(C)C(=O)C(C)(C)n2cnnn2)c1C. The van der Waals surface area contributed by atoms with Crippen LogP contribution in [0.4, 0.5) is 0 Å². The van der Waals surface area contributed by atoms with Gasteiger partial charge in [-0.2, -0.15) is 0 Å². The molecule has 0 atom stereocenters. The molecule has 2 amide bonds. The van der Waals surface area contributed by atoms with Crippen molar-refractivity contribution in [1.29, 1.82) is 0 Å². The summed E-state index contributed by atoms with van der Waals surface area (Å²) < 4.78 is 3.09. The van der Waals surface area contributed by atoms with Gasteiger partial charge in [0.2, 0.25) is 5.91 Å². The van der Waals surface area contributed by atoms with Crippen molar-refractivity contribution in [1.82, 2.24) is 45.4 Å². The van der Waals surface area contributed by atoms with Gasteiger partial charge in [-0.1, -0.05) is 5.21 Å². The number of rotatable bonds is 8. The van der Waals surface area contributed by atoms with E-state index in [9.17, 15) is 9.59 Å². The zero-order valence-electron chi connectivity index (χ0n) is 15.8. The number of tetrazole rings is 1. The van der Waals surface area contributed by atoms with Gasteiger partial charge in [-0.25, -0.2) is 9.36 Å². The van der Waals surface area contributed by atoms with E-state index in [1.165, 1.54) is 11.0 Å². The Bertz CT molecular complexity index is 751. The first-order valence-corrected chi connectivity index (χ1v) is 8.46. The van der Waals surface area contributed by atoms with E-state index in [2.05, 4.69) is 31.2 Å². The molecule has 0 aromatic carbocycles. The van der Waals surface area contributed by atoms with E-state index in [0.717, 1.165) is 5.69 Å². The highest BCUT2D eigenvalue weighted by molar-refractivity contribution is 5.93. The first-order valence-electron chi connectivity index (χ1n) is 8.46. The summed E-state index contributed by atoms with van der Waals surface area (Å²) in [4.78, 5) is 26.4. The van der Waals surface area contributed by atoms with E-state index >= 15 is 0 Å². The fourth-order valence-corrected chi connectivity index (χ4v) is 2.56. The summed E-state index contributed by atoms with van der Waals surface area (Å²) in [6.45, 7) is 8.84. The van der Waals surface area contributed by atoms with Gasteiger partial charge in [0.1, 0.15) is 11.9 Å². The van der Waals surface area contributed by atoms with Gasteiger partial charge in [0.25, 0.3) is 5.91 Å². The Balaban J connectivity index is 1.81. The minimum absolute atomic E-state index is 0.113. The largest absolute Gasteiger partial charge is 0.351 e. The van der Waals surface area contributed by atoms with Crippen molar-refractivity contribution in [2.75, 3.05) is 20.1 Å². The second-order valence-corrected chi connectivity index (χ2v) is 6.49. The number of amides is 2. The van der Waals surface area contributed by atoms with Crippen molar-refractivity contribution in [2.24, 2.45) is 0 Å². The molecule has 0 bridgehead atoms. The summed E-state index contributed by atoms with van der Waals surface area (Å²) in [5.41, 5.74) is 0.189. The maximum absolute atomic E-state index is 12.6. The molecule has 2 heterocycles. The van der Waals surface area contributed by atoms with Crippen LogP contribution in [0.25, 0.3) is 0 Å². The lowest BCUT2D eigenvalue weighted by Gasteiger charge is -2.28. The van der Waals surface area contributed by atoms with Gasteiger partial charge in [-0.15, -0.1) is 10.2 Å². The number of likely N-dealkylation sites (N-methyl/N-ethyl adjacent to an activating group) is 1. The Kier molecular flexibility index (Phi) is 6.01. The molecule has 0 fully saturated rings. The predicted octanol–water partition coefficient (Wildman–Crippen LogP) is -0.393. The Hall–Kier alpha value is -2.85. The third-order valence-electron chi connectivity index (χ3n) is 4.24. The van der Waals surface area contributed by atoms with Crippen molar-refractivity contribution in [3.8, 4) is 0 Å². The average molecular weight is 363 g/mol. The number of aromatic nitrogens is 7. The molecular weight excluding hydrogens is 338 g/mol. The lowest BCUT2D eigenvalue weighted by atomic mass is 10.0. The molecule has 0 radical (unpaired) electrons. The Morgan fingerprint density at radius 1 is 1.31 bits per heavy atom. The number of carbonyl (C=O) groups excluding carboxylic acids is 2. The van der Waals surface area contributed by atoms with E-state index in [1.54, 1.807) is 30.5 Å². The van der Waals surface area contributed by atoms with Gasteiger partial charge < -0.3 is 10.2 Å². The van der Waals surface area contributed by atoms with Crippen LogP contribution in [0.5, 0.6) is 0 Å². The molecule has 0 unspecified atom stereocenters. The summed E-state index contributed by atoms with van der Waals surface area (Å²) in [6, 6.07) is 0. The van der Waals surface area contributed by atoms with Gasteiger partial charge in [-0.3, -0.25) is 9.59 Å². The first kappa shape index (κ1) is 19.5. The fraction of sp³-hybridized carbons (Fsp3) is 0.667. The quantitative estimate of drug-likeness (QED) is 0.633. The van der Waals surface area contributed by atoms with Crippen molar-refractivity contribution < 1.29 is 9.59 Å². The standard InChI is InChI=1S/C15H25N9O2/c1-6-23-11(2)12(18-20-23)13(25)16-8-7-9-22(5)14(26)15(3,4)24-10-17-19-21-24/h10H,6-9H2,1-5H3,(H,16,25). The van der Waals surface area contributed by atoms with Crippen molar-refractivity contribution in [3.63, 3.8) is 0 Å². The van der Waals surface area contributed by atoms with Crippen molar-refractivity contribution in [2.45, 2.75) is 46.2 Å². The monoisotopic (exact) mass is 363 g/mol. The summed E-state index contributed by atoms with van der Waals surface area (Å²) in [7, 11) is 1.72. The maximum Gasteiger partial charge on any atom is 0.273 e. The highest BCUT2D eigenvalue weighted by Gasteiger charge is 2.33. The third-order valence-corrected chi connectivity index (χ3v) is 4.24. The number of aryl methyl sites for hydroxylation is 1. The Morgan fingerprint density at radius 2 is 2.04 bits per heavy atom. The van der Waals surface area contributed by atoms with Gasteiger partial charge in [0.05, 0.1) is 5.69 Å². The molecule has 142 valence electrons. The Morgan fingerprint density at radius 3 is 2.62 bits per heavy atom. The first-order chi connectivity index (χ1) is 12.3. The van der Waals surface area contributed by atoms with Gasteiger partial charge >= 0.3 is 0 Å². The maximum atomic E-state index is 12.6. The minimum Gasteiger partial charge on any atom is -0.351 e. The Labute approximate surface area is 151 Å². The molecule has 2 aromatic heterocycles. The zero-order valence-corrected chi connectivity index (χ0v) is 15.8. The molecule has 11 nitrogen and oxygen atoms in total. The van der Waals surface area contributed by atoms with Crippen LogP contribution in [-0.2, 0) is 16.9 Å². The number of hydrogen-bond acceptors (Lipinski definition) is 7. The number of carbonyl (C=O) groups is 2. The van der Waals surface area contributed by atoms with Crippen LogP contribution in [0, 0.1) is 6.92 Å². The normalized spacial score (nSPS) is 11.4. The molecule has 0 spiro atoms. The van der Waals surface area contributed by atoms with Crippen LogP contribution in [0.15, 0.2) is 6.33 Å². The van der Waals surface area contributed by atoms with Crippen molar-refractivity contribution in [3.05, 3.63) is 17.7 Å². The molecule has 2 rings (SSSR count). The molecule has 0 aliphatic carbocycles. The van der Waals surface area contributed by atoms with Crippen LogP contribution >= 0.6 is 0 Å². The lowest BCUT2D eigenvalue weighted by molar-refractivity contribution is -0.138. The van der Waals surface area contributed by atoms with Crippen LogP contribution in [0.2, 0.25) is 0 Å². The van der Waals surface area contributed by atoms with Crippen LogP contribution in [-0.4, -0.2) is 72.1 Å². The van der Waals surface area contributed by atoms with Crippen LogP contribution < -0.4 is 5.32 Å². The second kappa shape index (κ2) is 8.02.